The highest BCUT2D eigenvalue weighted by molar-refractivity contribution is 7.85. The number of benzene rings is 1. The Hall–Kier alpha value is -1.54. The van der Waals surface area contributed by atoms with Crippen molar-refractivity contribution in [3.63, 3.8) is 0 Å². The van der Waals surface area contributed by atoms with Crippen molar-refractivity contribution in [1.82, 2.24) is 10.2 Å². The second-order valence-electron chi connectivity index (χ2n) is 18.7. The number of carboxylic acids is 1. The second-order valence-corrected chi connectivity index (χ2v) is 20.4. The number of allylic oxidation sites excluding steroid dienone is 2. The summed E-state index contributed by atoms with van der Waals surface area (Å²) in [5.74, 6) is 4.81. The number of rotatable bonds is 8. The van der Waals surface area contributed by atoms with Crippen molar-refractivity contribution < 1.29 is 18.8 Å². The van der Waals surface area contributed by atoms with Crippen molar-refractivity contribution in [2.75, 3.05) is 44.8 Å². The van der Waals surface area contributed by atoms with Crippen molar-refractivity contribution in [2.24, 2.45) is 51.8 Å². The van der Waals surface area contributed by atoms with Gasteiger partial charge in [-0.2, -0.15) is 0 Å². The Balaban J connectivity index is 1.15. The Bertz CT molecular complexity index is 1460. The van der Waals surface area contributed by atoms with E-state index in [1.54, 1.807) is 12.1 Å². The Labute approximate surface area is 299 Å². The van der Waals surface area contributed by atoms with E-state index in [4.69, 9.17) is 4.74 Å². The van der Waals surface area contributed by atoms with Crippen molar-refractivity contribution in [3.05, 3.63) is 41.5 Å². The molecular formula is C42H64N2O4S. The normalized spacial score (nSPS) is 40.8. The van der Waals surface area contributed by atoms with Gasteiger partial charge >= 0.3 is 5.97 Å². The molecule has 9 atom stereocenters. The zero-order chi connectivity index (χ0) is 35.0. The molecule has 0 bridgehead atoms. The summed E-state index contributed by atoms with van der Waals surface area (Å²) >= 11 is 0. The van der Waals surface area contributed by atoms with Gasteiger partial charge in [0.1, 0.15) is 0 Å². The predicted molar refractivity (Wildman–Crippen MR) is 200 cm³/mol. The molecule has 7 heteroatoms. The quantitative estimate of drug-likeness (QED) is 0.289. The van der Waals surface area contributed by atoms with Crippen molar-refractivity contribution in [2.45, 2.75) is 110 Å². The lowest BCUT2D eigenvalue weighted by molar-refractivity contribution is -0.183. The maximum atomic E-state index is 12.0. The standard InChI is InChI=1S/C42H64N2O4S/c1-38(2)31(28-8-10-29(11-9-28)37(45)46)14-18-41(6)34(38)17-19-40(5)32-15-20-42(43-22-23-44-24-26-49(47)27-25-44)21-16-33(39(3,4)48-7)36(42)30(32)12-13-35(40)41/h8-11,14,30,32-36,43H,12-13,15-27H2,1-7H3,(H,45,46)/t30?,32?,33?,34?,35?,36-,40?,41?,42?/m0/s1. The van der Waals surface area contributed by atoms with E-state index in [0.29, 0.717) is 34.7 Å². The molecule has 1 heterocycles. The molecule has 1 aromatic rings. The highest BCUT2D eigenvalue weighted by atomic mass is 32.2. The van der Waals surface area contributed by atoms with Crippen LogP contribution in [0, 0.1) is 51.8 Å². The zero-order valence-corrected chi connectivity index (χ0v) is 32.3. The largest absolute Gasteiger partial charge is 0.478 e. The first-order chi connectivity index (χ1) is 23.2. The number of hydrogen-bond donors (Lipinski definition) is 2. The van der Waals surface area contributed by atoms with Gasteiger partial charge in [0.25, 0.3) is 0 Å². The maximum Gasteiger partial charge on any atom is 0.335 e. The van der Waals surface area contributed by atoms with E-state index in [9.17, 15) is 14.1 Å². The summed E-state index contributed by atoms with van der Waals surface area (Å²) < 4.78 is 18.3. The second kappa shape index (κ2) is 12.8. The van der Waals surface area contributed by atoms with E-state index < -0.39 is 16.8 Å². The summed E-state index contributed by atoms with van der Waals surface area (Å²) in [7, 11) is 1.31. The number of nitrogens with zero attached hydrogens (tertiary/aromatic N) is 1. The maximum absolute atomic E-state index is 12.0. The van der Waals surface area contributed by atoms with Crippen LogP contribution in [0.1, 0.15) is 115 Å². The smallest absolute Gasteiger partial charge is 0.335 e. The molecule has 2 N–H and O–H groups in total. The Morgan fingerprint density at radius 2 is 1.65 bits per heavy atom. The molecule has 1 saturated heterocycles. The summed E-state index contributed by atoms with van der Waals surface area (Å²) in [6.45, 7) is 19.1. The molecule has 6 nitrogen and oxygen atoms in total. The van der Waals surface area contributed by atoms with E-state index >= 15 is 0 Å². The molecule has 1 aliphatic heterocycles. The van der Waals surface area contributed by atoms with Gasteiger partial charge in [-0.15, -0.1) is 0 Å². The molecule has 7 rings (SSSR count). The van der Waals surface area contributed by atoms with Crippen LogP contribution in [0.2, 0.25) is 0 Å². The lowest BCUT2D eigenvalue weighted by atomic mass is 9.36. The van der Waals surface area contributed by atoms with Crippen LogP contribution >= 0.6 is 0 Å². The van der Waals surface area contributed by atoms with E-state index in [-0.39, 0.29) is 22.0 Å². The molecule has 49 heavy (non-hydrogen) atoms. The average molecular weight is 693 g/mol. The fourth-order valence-corrected chi connectivity index (χ4v) is 14.9. The number of ether oxygens (including phenoxy) is 1. The van der Waals surface area contributed by atoms with E-state index in [1.807, 2.05) is 19.2 Å². The van der Waals surface area contributed by atoms with Crippen LogP contribution in [0.5, 0.6) is 0 Å². The number of carbonyl (C=O) groups is 1. The van der Waals surface area contributed by atoms with Crippen molar-refractivity contribution >= 4 is 22.3 Å². The van der Waals surface area contributed by atoms with Crippen LogP contribution in [0.15, 0.2) is 30.3 Å². The first kappa shape index (κ1) is 35.8. The topological polar surface area (TPSA) is 78.9 Å². The van der Waals surface area contributed by atoms with Gasteiger partial charge in [-0.25, -0.2) is 4.79 Å². The summed E-state index contributed by atoms with van der Waals surface area (Å²) in [5, 5.41) is 13.8. The fourth-order valence-electron chi connectivity index (χ4n) is 13.8. The lowest BCUT2D eigenvalue weighted by Gasteiger charge is -2.69. The van der Waals surface area contributed by atoms with Crippen LogP contribution < -0.4 is 5.32 Å². The number of hydrogen-bond acceptors (Lipinski definition) is 5. The van der Waals surface area contributed by atoms with Crippen LogP contribution in [0.4, 0.5) is 0 Å². The van der Waals surface area contributed by atoms with Gasteiger partial charge in [-0.3, -0.25) is 4.21 Å². The molecule has 6 aliphatic rings. The third-order valence-electron chi connectivity index (χ3n) is 16.2. The fraction of sp³-hybridized carbons (Fsp3) is 0.786. The van der Waals surface area contributed by atoms with Crippen molar-refractivity contribution in [1.29, 1.82) is 0 Å². The van der Waals surface area contributed by atoms with Crippen LogP contribution in [-0.2, 0) is 15.5 Å². The Kier molecular flexibility index (Phi) is 9.40. The van der Waals surface area contributed by atoms with Gasteiger partial charge in [0.15, 0.2) is 0 Å². The number of nitrogens with one attached hydrogen (secondary N) is 1. The van der Waals surface area contributed by atoms with Gasteiger partial charge in [0.05, 0.1) is 11.2 Å². The molecule has 5 fully saturated rings. The third kappa shape index (κ3) is 5.83. The van der Waals surface area contributed by atoms with E-state index in [0.717, 1.165) is 55.9 Å². The molecule has 0 spiro atoms. The SMILES string of the molecule is COC(C)(C)C1CCC2(NCCN3CCS(=O)CC3)CCC3C(CCC4C3(C)CCC3C(C)(C)C(c5ccc(C(=O)O)cc5)=CCC34C)[C@@H]12. The number of carboxylic acid groups (broad SMARTS) is 1. The molecule has 1 aromatic carbocycles. The molecule has 5 aliphatic carbocycles. The molecule has 0 amide bonds. The highest BCUT2D eigenvalue weighted by Crippen LogP contribution is 2.73. The van der Waals surface area contributed by atoms with E-state index in [1.165, 1.54) is 62.5 Å². The van der Waals surface area contributed by atoms with Crippen LogP contribution in [0.3, 0.4) is 0 Å². The van der Waals surface area contributed by atoms with Gasteiger partial charge in [0, 0.05) is 61.1 Å². The third-order valence-corrected chi connectivity index (χ3v) is 17.5. The van der Waals surface area contributed by atoms with Crippen molar-refractivity contribution in [3.8, 4) is 0 Å². The summed E-state index contributed by atoms with van der Waals surface area (Å²) in [6, 6.07) is 7.62. The average Bonchev–Trinajstić information content (AvgIpc) is 3.46. The summed E-state index contributed by atoms with van der Waals surface area (Å²) in [5.41, 5.74) is 3.66. The Morgan fingerprint density at radius 1 is 0.959 bits per heavy atom. The number of methoxy groups -OCH3 is 1. The first-order valence-electron chi connectivity index (χ1n) is 19.6. The van der Waals surface area contributed by atoms with E-state index in [2.05, 4.69) is 57.8 Å². The first-order valence-corrected chi connectivity index (χ1v) is 21.1. The minimum Gasteiger partial charge on any atom is -0.478 e. The molecule has 4 saturated carbocycles. The lowest BCUT2D eigenvalue weighted by Crippen LogP contribution is -2.65. The number of fused-ring (bicyclic) bond motifs is 7. The van der Waals surface area contributed by atoms with Gasteiger partial charge in [-0.05, 0) is 147 Å². The van der Waals surface area contributed by atoms with Crippen LogP contribution in [-0.4, -0.2) is 76.1 Å². The minimum absolute atomic E-state index is 0.0317. The molecule has 272 valence electrons. The molecule has 0 aromatic heterocycles. The van der Waals surface area contributed by atoms with Crippen LogP contribution in [0.25, 0.3) is 5.57 Å². The minimum atomic E-state index is -0.860. The monoisotopic (exact) mass is 692 g/mol. The summed E-state index contributed by atoms with van der Waals surface area (Å²) in [6.07, 6.45) is 14.0. The predicted octanol–water partition coefficient (Wildman–Crippen LogP) is 7.90. The van der Waals surface area contributed by atoms with Gasteiger partial charge in [0.2, 0.25) is 0 Å². The van der Waals surface area contributed by atoms with Gasteiger partial charge in [-0.1, -0.05) is 45.9 Å². The zero-order valence-electron chi connectivity index (χ0n) is 31.5. The Morgan fingerprint density at radius 3 is 2.33 bits per heavy atom. The number of aromatic carboxylic acids is 1. The molecule has 8 unspecified atom stereocenters. The molecular weight excluding hydrogens is 629 g/mol. The molecule has 0 radical (unpaired) electrons. The highest BCUT2D eigenvalue weighted by Gasteiger charge is 2.67. The van der Waals surface area contributed by atoms with Gasteiger partial charge < -0.3 is 20.1 Å². The summed E-state index contributed by atoms with van der Waals surface area (Å²) in [4.78, 5) is 14.1.